The summed E-state index contributed by atoms with van der Waals surface area (Å²) < 4.78 is 40.7. The SMILES string of the molecule is O=C(COC(=O)[C@@H]1CCCN1C(=O)c1cccs1)NCC(F)(F)F. The summed E-state index contributed by atoms with van der Waals surface area (Å²) >= 11 is 1.24. The highest BCUT2D eigenvalue weighted by atomic mass is 32.1. The molecule has 1 aromatic heterocycles. The molecule has 1 saturated heterocycles. The highest BCUT2D eigenvalue weighted by molar-refractivity contribution is 7.12. The van der Waals surface area contributed by atoms with Gasteiger partial charge in [0.25, 0.3) is 11.8 Å². The van der Waals surface area contributed by atoms with Gasteiger partial charge in [0, 0.05) is 6.54 Å². The third-order valence-electron chi connectivity index (χ3n) is 3.35. The topological polar surface area (TPSA) is 75.7 Å². The fraction of sp³-hybridized carbons (Fsp3) is 0.500. The van der Waals surface area contributed by atoms with E-state index in [0.29, 0.717) is 24.3 Å². The van der Waals surface area contributed by atoms with Gasteiger partial charge in [-0.25, -0.2) is 4.79 Å². The molecular weight excluding hydrogens is 349 g/mol. The summed E-state index contributed by atoms with van der Waals surface area (Å²) in [6, 6.07) is 2.53. The van der Waals surface area contributed by atoms with Gasteiger partial charge in [-0.3, -0.25) is 9.59 Å². The molecule has 132 valence electrons. The van der Waals surface area contributed by atoms with Crippen LogP contribution in [0.2, 0.25) is 0 Å². The highest BCUT2D eigenvalue weighted by Crippen LogP contribution is 2.23. The van der Waals surface area contributed by atoms with Crippen molar-refractivity contribution in [3.63, 3.8) is 0 Å². The second kappa shape index (κ2) is 7.65. The molecule has 0 radical (unpaired) electrons. The lowest BCUT2D eigenvalue weighted by Crippen LogP contribution is -2.42. The Bertz CT molecular complexity index is 604. The molecule has 0 unspecified atom stereocenters. The van der Waals surface area contributed by atoms with Gasteiger partial charge in [0.05, 0.1) is 4.88 Å². The van der Waals surface area contributed by atoms with Crippen LogP contribution < -0.4 is 5.32 Å². The van der Waals surface area contributed by atoms with E-state index in [1.807, 2.05) is 0 Å². The van der Waals surface area contributed by atoms with Crippen molar-refractivity contribution in [3.8, 4) is 0 Å². The number of halogens is 3. The zero-order chi connectivity index (χ0) is 17.7. The number of esters is 1. The number of thiophene rings is 1. The molecular formula is C14H15F3N2O4S. The van der Waals surface area contributed by atoms with Crippen LogP contribution in [0.1, 0.15) is 22.5 Å². The molecule has 0 saturated carbocycles. The van der Waals surface area contributed by atoms with Crippen molar-refractivity contribution in [1.82, 2.24) is 10.2 Å². The van der Waals surface area contributed by atoms with Crippen LogP contribution in [0.4, 0.5) is 13.2 Å². The van der Waals surface area contributed by atoms with Crippen molar-refractivity contribution < 1.29 is 32.3 Å². The smallest absolute Gasteiger partial charge is 0.405 e. The minimum absolute atomic E-state index is 0.300. The van der Waals surface area contributed by atoms with Gasteiger partial charge < -0.3 is 15.0 Å². The first-order valence-corrected chi connectivity index (χ1v) is 8.00. The number of nitrogens with zero attached hydrogens (tertiary/aromatic N) is 1. The zero-order valence-corrected chi connectivity index (χ0v) is 13.3. The summed E-state index contributed by atoms with van der Waals surface area (Å²) in [4.78, 5) is 37.4. The number of hydrogen-bond donors (Lipinski definition) is 1. The highest BCUT2D eigenvalue weighted by Gasteiger charge is 2.36. The normalized spacial score (nSPS) is 17.6. The van der Waals surface area contributed by atoms with Gasteiger partial charge in [0.1, 0.15) is 12.6 Å². The van der Waals surface area contributed by atoms with Crippen molar-refractivity contribution in [1.29, 1.82) is 0 Å². The second-order valence-corrected chi connectivity index (χ2v) is 6.08. The predicted octanol–water partition coefficient (Wildman–Crippen LogP) is 1.57. The van der Waals surface area contributed by atoms with E-state index < -0.39 is 37.2 Å². The average Bonchev–Trinajstić information content (AvgIpc) is 3.19. The summed E-state index contributed by atoms with van der Waals surface area (Å²) in [6.07, 6.45) is -3.54. The average molecular weight is 364 g/mol. The van der Waals surface area contributed by atoms with Gasteiger partial charge in [0.15, 0.2) is 6.61 Å². The van der Waals surface area contributed by atoms with Crippen LogP contribution >= 0.6 is 11.3 Å². The molecule has 0 aromatic carbocycles. The van der Waals surface area contributed by atoms with Gasteiger partial charge >= 0.3 is 12.1 Å². The van der Waals surface area contributed by atoms with Crippen LogP contribution in [0, 0.1) is 0 Å². The molecule has 1 fully saturated rings. The molecule has 1 atom stereocenters. The lowest BCUT2D eigenvalue weighted by molar-refractivity contribution is -0.154. The second-order valence-electron chi connectivity index (χ2n) is 5.13. The molecule has 2 amide bonds. The maximum absolute atomic E-state index is 12.3. The summed E-state index contributed by atoms with van der Waals surface area (Å²) in [6.45, 7) is -1.92. The third-order valence-corrected chi connectivity index (χ3v) is 4.21. The van der Waals surface area contributed by atoms with E-state index in [4.69, 9.17) is 4.74 Å². The maximum atomic E-state index is 12.3. The molecule has 2 rings (SSSR count). The van der Waals surface area contributed by atoms with Crippen molar-refractivity contribution in [2.45, 2.75) is 25.1 Å². The Morgan fingerprint density at radius 1 is 1.38 bits per heavy atom. The number of ether oxygens (including phenoxy) is 1. The number of hydrogen-bond acceptors (Lipinski definition) is 5. The number of alkyl halides is 3. The molecule has 10 heteroatoms. The first-order chi connectivity index (χ1) is 11.3. The minimum Gasteiger partial charge on any atom is -0.454 e. The fourth-order valence-corrected chi connectivity index (χ4v) is 2.96. The van der Waals surface area contributed by atoms with E-state index in [9.17, 15) is 27.6 Å². The number of amides is 2. The Morgan fingerprint density at radius 2 is 2.12 bits per heavy atom. The molecule has 1 aliphatic heterocycles. The molecule has 0 spiro atoms. The van der Waals surface area contributed by atoms with Crippen LogP contribution in [-0.2, 0) is 14.3 Å². The quantitative estimate of drug-likeness (QED) is 0.805. The van der Waals surface area contributed by atoms with E-state index in [2.05, 4.69) is 0 Å². The number of rotatable bonds is 5. The van der Waals surface area contributed by atoms with E-state index in [0.717, 1.165) is 0 Å². The van der Waals surface area contributed by atoms with E-state index in [1.54, 1.807) is 22.8 Å². The third kappa shape index (κ3) is 4.95. The van der Waals surface area contributed by atoms with Gasteiger partial charge in [-0.2, -0.15) is 13.2 Å². The fourth-order valence-electron chi connectivity index (χ4n) is 2.28. The van der Waals surface area contributed by atoms with Gasteiger partial charge in [0.2, 0.25) is 0 Å². The first kappa shape index (κ1) is 18.2. The van der Waals surface area contributed by atoms with Crippen molar-refractivity contribution >= 4 is 29.1 Å². The van der Waals surface area contributed by atoms with Crippen LogP contribution in [0.5, 0.6) is 0 Å². The number of likely N-dealkylation sites (tertiary alicyclic amines) is 1. The summed E-state index contributed by atoms with van der Waals surface area (Å²) in [7, 11) is 0. The first-order valence-electron chi connectivity index (χ1n) is 7.12. The Morgan fingerprint density at radius 3 is 2.75 bits per heavy atom. The van der Waals surface area contributed by atoms with Crippen LogP contribution in [0.15, 0.2) is 17.5 Å². The Labute approximate surface area is 139 Å². The van der Waals surface area contributed by atoms with Crippen LogP contribution in [-0.4, -0.2) is 54.6 Å². The maximum Gasteiger partial charge on any atom is 0.405 e. The Kier molecular flexibility index (Phi) is 5.81. The predicted molar refractivity (Wildman–Crippen MR) is 78.4 cm³/mol. The van der Waals surface area contributed by atoms with Crippen molar-refractivity contribution in [2.75, 3.05) is 19.7 Å². The zero-order valence-electron chi connectivity index (χ0n) is 12.5. The van der Waals surface area contributed by atoms with Crippen LogP contribution in [0.25, 0.3) is 0 Å². The van der Waals surface area contributed by atoms with Gasteiger partial charge in [-0.05, 0) is 24.3 Å². The Hall–Kier alpha value is -2.10. The largest absolute Gasteiger partial charge is 0.454 e. The summed E-state index contributed by atoms with van der Waals surface area (Å²) in [5.41, 5.74) is 0. The van der Waals surface area contributed by atoms with Crippen molar-refractivity contribution in [3.05, 3.63) is 22.4 Å². The number of carbonyl (C=O) groups excluding carboxylic acids is 3. The molecule has 6 nitrogen and oxygen atoms in total. The number of nitrogens with one attached hydrogen (secondary N) is 1. The lowest BCUT2D eigenvalue weighted by atomic mass is 10.2. The molecule has 0 aliphatic carbocycles. The number of carbonyl (C=O) groups is 3. The van der Waals surface area contributed by atoms with Gasteiger partial charge in [-0.1, -0.05) is 6.07 Å². The summed E-state index contributed by atoms with van der Waals surface area (Å²) in [5, 5.41) is 3.34. The van der Waals surface area contributed by atoms with E-state index in [-0.39, 0.29) is 5.91 Å². The molecule has 0 bridgehead atoms. The van der Waals surface area contributed by atoms with E-state index >= 15 is 0 Å². The standard InChI is InChI=1S/C14H15F3N2O4S/c15-14(16,17)8-18-11(20)7-23-13(22)9-3-1-5-19(9)12(21)10-4-2-6-24-10/h2,4,6,9H,1,3,5,7-8H2,(H,18,20)/t9-/m0/s1. The lowest BCUT2D eigenvalue weighted by Gasteiger charge is -2.22. The molecule has 1 N–H and O–H groups in total. The minimum atomic E-state index is -4.53. The molecule has 1 aliphatic rings. The molecule has 2 heterocycles. The van der Waals surface area contributed by atoms with Gasteiger partial charge in [-0.15, -0.1) is 11.3 Å². The van der Waals surface area contributed by atoms with Crippen molar-refractivity contribution in [2.24, 2.45) is 0 Å². The van der Waals surface area contributed by atoms with E-state index in [1.165, 1.54) is 16.2 Å². The Balaban J connectivity index is 1.85. The monoisotopic (exact) mass is 364 g/mol. The summed E-state index contributed by atoms with van der Waals surface area (Å²) in [5.74, 6) is -2.14. The molecule has 1 aromatic rings. The van der Waals surface area contributed by atoms with Crippen LogP contribution in [0.3, 0.4) is 0 Å². The molecule has 24 heavy (non-hydrogen) atoms.